The average molecular weight is 210 g/mol. The molecule has 0 saturated heterocycles. The van der Waals surface area contributed by atoms with E-state index in [4.69, 9.17) is 17.3 Å². The van der Waals surface area contributed by atoms with E-state index in [1.807, 2.05) is 18.2 Å². The van der Waals surface area contributed by atoms with Crippen molar-refractivity contribution in [3.05, 3.63) is 29.0 Å². The van der Waals surface area contributed by atoms with E-state index in [1.165, 1.54) is 0 Å². The van der Waals surface area contributed by atoms with Gasteiger partial charge in [0.1, 0.15) is 5.82 Å². The van der Waals surface area contributed by atoms with Crippen LogP contribution < -0.4 is 5.73 Å². The average Bonchev–Trinajstić information content (AvgIpc) is 2.56. The zero-order chi connectivity index (χ0) is 10.1. The van der Waals surface area contributed by atoms with Crippen molar-refractivity contribution < 1.29 is 0 Å². The first-order valence-corrected chi connectivity index (χ1v) is 4.99. The van der Waals surface area contributed by atoms with Crippen LogP contribution >= 0.6 is 11.6 Å². The normalized spacial score (nSPS) is 11.1. The lowest BCUT2D eigenvalue weighted by atomic mass is 10.3. The largest absolute Gasteiger partial charge is 0.326 e. The van der Waals surface area contributed by atoms with Crippen molar-refractivity contribution in [2.24, 2.45) is 5.73 Å². The first kappa shape index (κ1) is 9.49. The van der Waals surface area contributed by atoms with Gasteiger partial charge in [0.05, 0.1) is 22.6 Å². The summed E-state index contributed by atoms with van der Waals surface area (Å²) in [5, 5.41) is 0.733. The molecule has 0 aliphatic heterocycles. The van der Waals surface area contributed by atoms with Crippen LogP contribution in [0.2, 0.25) is 5.02 Å². The third kappa shape index (κ3) is 1.29. The van der Waals surface area contributed by atoms with E-state index in [9.17, 15) is 0 Å². The number of nitrogens with zero attached hydrogens (tertiary/aromatic N) is 2. The van der Waals surface area contributed by atoms with E-state index in [1.54, 1.807) is 0 Å². The summed E-state index contributed by atoms with van der Waals surface area (Å²) in [6, 6.07) is 5.72. The van der Waals surface area contributed by atoms with Gasteiger partial charge in [0.15, 0.2) is 0 Å². The Morgan fingerprint density at radius 3 is 2.93 bits per heavy atom. The van der Waals surface area contributed by atoms with Crippen molar-refractivity contribution in [3.8, 4) is 0 Å². The highest BCUT2D eigenvalue weighted by Crippen LogP contribution is 2.24. The molecule has 0 unspecified atom stereocenters. The lowest BCUT2D eigenvalue weighted by Gasteiger charge is -2.04. The van der Waals surface area contributed by atoms with Crippen LogP contribution in [0, 0.1) is 0 Å². The number of fused-ring (bicyclic) bond motifs is 1. The number of aromatic nitrogens is 2. The molecule has 3 nitrogen and oxygen atoms in total. The number of para-hydroxylation sites is 1. The van der Waals surface area contributed by atoms with Gasteiger partial charge in [0.2, 0.25) is 0 Å². The molecule has 2 aromatic rings. The molecule has 0 radical (unpaired) electrons. The number of halogens is 1. The fourth-order valence-electron chi connectivity index (χ4n) is 1.69. The fourth-order valence-corrected chi connectivity index (χ4v) is 1.96. The SMILES string of the molecule is CCn1c(CN)nc2cccc(Cl)c21. The van der Waals surface area contributed by atoms with E-state index >= 15 is 0 Å². The zero-order valence-corrected chi connectivity index (χ0v) is 8.75. The molecule has 2 N–H and O–H groups in total. The van der Waals surface area contributed by atoms with Crippen molar-refractivity contribution in [2.45, 2.75) is 20.0 Å². The molecule has 0 spiro atoms. The molecule has 0 saturated carbocycles. The first-order chi connectivity index (χ1) is 6.77. The molecule has 0 fully saturated rings. The van der Waals surface area contributed by atoms with Gasteiger partial charge in [-0.3, -0.25) is 0 Å². The standard InChI is InChI=1S/C10H12ClN3/c1-2-14-9(6-12)13-8-5-3-4-7(11)10(8)14/h3-5H,2,6,12H2,1H3. The Hall–Kier alpha value is -1.06. The van der Waals surface area contributed by atoms with Crippen LogP contribution in [-0.4, -0.2) is 9.55 Å². The second-order valence-electron chi connectivity index (χ2n) is 3.08. The van der Waals surface area contributed by atoms with Crippen molar-refractivity contribution in [2.75, 3.05) is 0 Å². The Balaban J connectivity index is 2.81. The Bertz CT molecular complexity index is 462. The highest BCUT2D eigenvalue weighted by atomic mass is 35.5. The molecular formula is C10H12ClN3. The van der Waals surface area contributed by atoms with Gasteiger partial charge in [-0.1, -0.05) is 17.7 Å². The number of rotatable bonds is 2. The third-order valence-electron chi connectivity index (χ3n) is 2.30. The number of hydrogen-bond donors (Lipinski definition) is 1. The predicted octanol–water partition coefficient (Wildman–Crippen LogP) is 2.17. The van der Waals surface area contributed by atoms with Crippen LogP contribution in [0.1, 0.15) is 12.7 Å². The molecule has 0 aliphatic rings. The van der Waals surface area contributed by atoms with Crippen molar-refractivity contribution in [1.29, 1.82) is 0 Å². The van der Waals surface area contributed by atoms with Crippen molar-refractivity contribution in [1.82, 2.24) is 9.55 Å². The molecule has 0 amide bonds. The third-order valence-corrected chi connectivity index (χ3v) is 2.60. The number of aryl methyl sites for hydroxylation is 1. The van der Waals surface area contributed by atoms with Gasteiger partial charge in [-0.25, -0.2) is 4.98 Å². The number of hydrogen-bond acceptors (Lipinski definition) is 2. The van der Waals surface area contributed by atoms with E-state index in [0.717, 1.165) is 28.4 Å². The Morgan fingerprint density at radius 2 is 2.29 bits per heavy atom. The molecule has 1 heterocycles. The highest BCUT2D eigenvalue weighted by molar-refractivity contribution is 6.35. The summed E-state index contributed by atoms with van der Waals surface area (Å²) in [4.78, 5) is 4.42. The van der Waals surface area contributed by atoms with E-state index in [-0.39, 0.29) is 0 Å². The topological polar surface area (TPSA) is 43.8 Å². The lowest BCUT2D eigenvalue weighted by Crippen LogP contribution is -2.07. The van der Waals surface area contributed by atoms with Gasteiger partial charge in [-0.2, -0.15) is 0 Å². The van der Waals surface area contributed by atoms with Crippen molar-refractivity contribution >= 4 is 22.6 Å². The zero-order valence-electron chi connectivity index (χ0n) is 8.00. The Labute approximate surface area is 87.5 Å². The van der Waals surface area contributed by atoms with Crippen LogP contribution in [0.5, 0.6) is 0 Å². The predicted molar refractivity (Wildman–Crippen MR) is 58.3 cm³/mol. The molecule has 14 heavy (non-hydrogen) atoms. The van der Waals surface area contributed by atoms with Crippen molar-refractivity contribution in [3.63, 3.8) is 0 Å². The summed E-state index contributed by atoms with van der Waals surface area (Å²) in [7, 11) is 0. The molecule has 0 bridgehead atoms. The maximum absolute atomic E-state index is 6.11. The minimum atomic E-state index is 0.443. The van der Waals surface area contributed by atoms with Crippen LogP contribution in [0.15, 0.2) is 18.2 Å². The molecule has 1 aromatic carbocycles. The van der Waals surface area contributed by atoms with Gasteiger partial charge < -0.3 is 10.3 Å². The highest BCUT2D eigenvalue weighted by Gasteiger charge is 2.10. The number of nitrogens with two attached hydrogens (primary N) is 1. The van der Waals surface area contributed by atoms with E-state index in [0.29, 0.717) is 6.54 Å². The smallest absolute Gasteiger partial charge is 0.123 e. The lowest BCUT2D eigenvalue weighted by molar-refractivity contribution is 0.718. The summed E-state index contributed by atoms with van der Waals surface area (Å²) >= 11 is 6.11. The van der Waals surface area contributed by atoms with Crippen LogP contribution in [0.3, 0.4) is 0 Å². The fraction of sp³-hybridized carbons (Fsp3) is 0.300. The van der Waals surface area contributed by atoms with E-state index in [2.05, 4.69) is 16.5 Å². The minimum Gasteiger partial charge on any atom is -0.326 e. The molecule has 0 aliphatic carbocycles. The van der Waals surface area contributed by atoms with Gasteiger partial charge in [-0.15, -0.1) is 0 Å². The number of imidazole rings is 1. The van der Waals surface area contributed by atoms with Gasteiger partial charge >= 0.3 is 0 Å². The maximum atomic E-state index is 6.11. The molecule has 1 aromatic heterocycles. The van der Waals surface area contributed by atoms with Gasteiger partial charge in [0, 0.05) is 6.54 Å². The molecule has 0 atom stereocenters. The first-order valence-electron chi connectivity index (χ1n) is 4.61. The van der Waals surface area contributed by atoms with Crippen LogP contribution in [0.25, 0.3) is 11.0 Å². The summed E-state index contributed by atoms with van der Waals surface area (Å²) < 4.78 is 2.05. The van der Waals surface area contributed by atoms with E-state index < -0.39 is 0 Å². The summed E-state index contributed by atoms with van der Waals surface area (Å²) in [6.45, 7) is 3.34. The van der Waals surface area contributed by atoms with Gasteiger partial charge in [-0.05, 0) is 19.1 Å². The quantitative estimate of drug-likeness (QED) is 0.824. The minimum absolute atomic E-state index is 0.443. The summed E-state index contributed by atoms with van der Waals surface area (Å²) in [5.74, 6) is 0.885. The second-order valence-corrected chi connectivity index (χ2v) is 3.49. The van der Waals surface area contributed by atoms with Crippen LogP contribution in [0.4, 0.5) is 0 Å². The van der Waals surface area contributed by atoms with Gasteiger partial charge in [0.25, 0.3) is 0 Å². The monoisotopic (exact) mass is 209 g/mol. The molecular weight excluding hydrogens is 198 g/mol. The molecule has 2 rings (SSSR count). The molecule has 74 valence electrons. The summed E-state index contributed by atoms with van der Waals surface area (Å²) in [5.41, 5.74) is 7.51. The number of benzene rings is 1. The Morgan fingerprint density at radius 1 is 1.50 bits per heavy atom. The second kappa shape index (κ2) is 3.59. The van der Waals surface area contributed by atoms with Crippen LogP contribution in [-0.2, 0) is 13.1 Å². The molecule has 4 heteroatoms. The summed E-state index contributed by atoms with van der Waals surface area (Å²) in [6.07, 6.45) is 0. The Kier molecular flexibility index (Phi) is 2.44. The maximum Gasteiger partial charge on any atom is 0.123 e.